The fourth-order valence-electron chi connectivity index (χ4n) is 2.38. The van der Waals surface area contributed by atoms with Crippen LogP contribution in [0.1, 0.15) is 11.3 Å². The van der Waals surface area contributed by atoms with Gasteiger partial charge >= 0.3 is 6.61 Å². The number of benzene rings is 1. The molecule has 5 nitrogen and oxygen atoms in total. The second-order valence-corrected chi connectivity index (χ2v) is 5.18. The molecule has 2 aromatic heterocycles. The smallest absolute Gasteiger partial charge is 0.387 e. The summed E-state index contributed by atoms with van der Waals surface area (Å²) in [5.41, 5.74) is 2.51. The average molecular weight is 343 g/mol. The van der Waals surface area contributed by atoms with Crippen LogP contribution in [-0.2, 0) is 6.42 Å². The van der Waals surface area contributed by atoms with Gasteiger partial charge in [-0.05, 0) is 29.8 Å². The van der Waals surface area contributed by atoms with Gasteiger partial charge in [-0.3, -0.25) is 0 Å². The fraction of sp³-hybridized carbons (Fsp3) is 0.167. The van der Waals surface area contributed by atoms with Gasteiger partial charge in [0.1, 0.15) is 17.8 Å². The van der Waals surface area contributed by atoms with E-state index in [0.29, 0.717) is 29.1 Å². The molecule has 0 spiro atoms. The van der Waals surface area contributed by atoms with Crippen molar-refractivity contribution in [3.8, 4) is 22.8 Å². The largest absolute Gasteiger partial charge is 0.497 e. The van der Waals surface area contributed by atoms with Gasteiger partial charge in [-0.25, -0.2) is 15.0 Å². The molecule has 0 radical (unpaired) electrons. The molecule has 0 saturated heterocycles. The third-order valence-corrected chi connectivity index (χ3v) is 3.47. The summed E-state index contributed by atoms with van der Waals surface area (Å²) in [6.07, 6.45) is 5.29. The van der Waals surface area contributed by atoms with Crippen LogP contribution in [0, 0.1) is 0 Å². The summed E-state index contributed by atoms with van der Waals surface area (Å²) >= 11 is 0. The number of hydrogen-bond donors (Lipinski definition) is 0. The number of pyridine rings is 1. The summed E-state index contributed by atoms with van der Waals surface area (Å²) in [6.45, 7) is -2.93. The highest BCUT2D eigenvalue weighted by atomic mass is 19.3. The zero-order valence-corrected chi connectivity index (χ0v) is 13.4. The van der Waals surface area contributed by atoms with Gasteiger partial charge in [0, 0.05) is 30.1 Å². The summed E-state index contributed by atoms with van der Waals surface area (Å²) in [5.74, 6) is 0.612. The second kappa shape index (κ2) is 7.65. The highest BCUT2D eigenvalue weighted by Crippen LogP contribution is 2.32. The lowest BCUT2D eigenvalue weighted by molar-refractivity contribution is -0.0496. The maximum absolute atomic E-state index is 12.7. The topological polar surface area (TPSA) is 57.1 Å². The molecular formula is C18H15F2N3O2. The molecule has 0 aliphatic heterocycles. The Balaban J connectivity index is 2.00. The average Bonchev–Trinajstić information content (AvgIpc) is 2.63. The van der Waals surface area contributed by atoms with Crippen LogP contribution in [0.15, 0.2) is 55.1 Å². The number of ether oxygens (including phenoxy) is 2. The lowest BCUT2D eigenvalue weighted by Gasteiger charge is -2.12. The Labute approximate surface area is 143 Å². The Morgan fingerprint density at radius 3 is 2.60 bits per heavy atom. The van der Waals surface area contributed by atoms with Crippen LogP contribution in [0.5, 0.6) is 11.5 Å². The van der Waals surface area contributed by atoms with E-state index in [1.165, 1.54) is 19.5 Å². The van der Waals surface area contributed by atoms with Crippen LogP contribution in [0.25, 0.3) is 11.3 Å². The van der Waals surface area contributed by atoms with Gasteiger partial charge in [-0.15, -0.1) is 0 Å². The summed E-state index contributed by atoms with van der Waals surface area (Å²) in [7, 11) is 1.54. The molecule has 0 aliphatic carbocycles. The molecule has 7 heteroatoms. The first-order valence-corrected chi connectivity index (χ1v) is 7.49. The standard InChI is InChI=1S/C18H15F2N3O2/c1-24-15-4-2-3-13(8-15)17-16(25-18(19)20)6-5-14(23-17)7-12-9-21-11-22-10-12/h2-6,8-11,18H,7H2,1H3. The SMILES string of the molecule is COc1cccc(-c2nc(Cc3cncnc3)ccc2OC(F)F)c1. The van der Waals surface area contributed by atoms with E-state index in [2.05, 4.69) is 19.7 Å². The minimum absolute atomic E-state index is 0.0105. The molecule has 0 bridgehead atoms. The molecule has 128 valence electrons. The van der Waals surface area contributed by atoms with Gasteiger partial charge in [-0.2, -0.15) is 8.78 Å². The monoisotopic (exact) mass is 343 g/mol. The number of halogens is 2. The number of methoxy groups -OCH3 is 1. The maximum Gasteiger partial charge on any atom is 0.387 e. The molecule has 3 rings (SSSR count). The van der Waals surface area contributed by atoms with Crippen molar-refractivity contribution in [2.75, 3.05) is 7.11 Å². The number of aromatic nitrogens is 3. The van der Waals surface area contributed by atoms with E-state index in [1.807, 2.05) is 0 Å². The van der Waals surface area contributed by atoms with Crippen molar-refractivity contribution in [2.45, 2.75) is 13.0 Å². The molecule has 1 aromatic carbocycles. The highest BCUT2D eigenvalue weighted by molar-refractivity contribution is 5.68. The van der Waals surface area contributed by atoms with Crippen molar-refractivity contribution in [1.82, 2.24) is 15.0 Å². The highest BCUT2D eigenvalue weighted by Gasteiger charge is 2.15. The number of rotatable bonds is 6. The van der Waals surface area contributed by atoms with E-state index < -0.39 is 6.61 Å². The van der Waals surface area contributed by atoms with Crippen molar-refractivity contribution >= 4 is 0 Å². The maximum atomic E-state index is 12.7. The number of nitrogens with zero attached hydrogens (tertiary/aromatic N) is 3. The van der Waals surface area contributed by atoms with Crippen LogP contribution in [-0.4, -0.2) is 28.7 Å². The van der Waals surface area contributed by atoms with Crippen LogP contribution >= 0.6 is 0 Å². The van der Waals surface area contributed by atoms with Gasteiger partial charge in [0.25, 0.3) is 0 Å². The molecule has 0 unspecified atom stereocenters. The summed E-state index contributed by atoms with van der Waals surface area (Å²) in [4.78, 5) is 12.4. The molecular weight excluding hydrogens is 328 g/mol. The molecule has 0 fully saturated rings. The predicted octanol–water partition coefficient (Wildman–Crippen LogP) is 3.74. The Kier molecular flexibility index (Phi) is 5.13. The van der Waals surface area contributed by atoms with Gasteiger partial charge in [0.05, 0.1) is 7.11 Å². The number of hydrogen-bond acceptors (Lipinski definition) is 5. The van der Waals surface area contributed by atoms with Crippen molar-refractivity contribution in [3.63, 3.8) is 0 Å². The van der Waals surface area contributed by atoms with E-state index in [0.717, 1.165) is 5.56 Å². The van der Waals surface area contributed by atoms with Gasteiger partial charge < -0.3 is 9.47 Å². The second-order valence-electron chi connectivity index (χ2n) is 5.18. The van der Waals surface area contributed by atoms with E-state index in [1.54, 1.807) is 42.7 Å². The van der Waals surface area contributed by atoms with Crippen molar-refractivity contribution in [1.29, 1.82) is 0 Å². The Bertz CT molecular complexity index is 845. The summed E-state index contributed by atoms with van der Waals surface area (Å²) in [6, 6.07) is 10.2. The predicted molar refractivity (Wildman–Crippen MR) is 87.7 cm³/mol. The van der Waals surface area contributed by atoms with E-state index in [9.17, 15) is 8.78 Å². The van der Waals surface area contributed by atoms with Gasteiger partial charge in [-0.1, -0.05) is 12.1 Å². The van der Waals surface area contributed by atoms with Gasteiger partial charge in [0.15, 0.2) is 5.75 Å². The summed E-state index contributed by atoms with van der Waals surface area (Å²) < 4.78 is 35.2. The third-order valence-electron chi connectivity index (χ3n) is 3.47. The third kappa shape index (κ3) is 4.26. The molecule has 2 heterocycles. The molecule has 0 N–H and O–H groups in total. The number of alkyl halides is 2. The minimum Gasteiger partial charge on any atom is -0.497 e. The minimum atomic E-state index is -2.93. The van der Waals surface area contributed by atoms with Crippen molar-refractivity contribution in [3.05, 3.63) is 66.4 Å². The molecule has 25 heavy (non-hydrogen) atoms. The zero-order valence-electron chi connectivity index (χ0n) is 13.4. The van der Waals surface area contributed by atoms with Crippen LogP contribution in [0.2, 0.25) is 0 Å². The first-order valence-electron chi connectivity index (χ1n) is 7.49. The van der Waals surface area contributed by atoms with Gasteiger partial charge in [0.2, 0.25) is 0 Å². The quantitative estimate of drug-likeness (QED) is 0.682. The Hall–Kier alpha value is -3.09. The Morgan fingerprint density at radius 2 is 1.88 bits per heavy atom. The molecule has 0 saturated carbocycles. The lowest BCUT2D eigenvalue weighted by atomic mass is 10.1. The van der Waals surface area contributed by atoms with E-state index in [4.69, 9.17) is 4.74 Å². The van der Waals surface area contributed by atoms with Crippen molar-refractivity contribution < 1.29 is 18.3 Å². The van der Waals surface area contributed by atoms with Crippen molar-refractivity contribution in [2.24, 2.45) is 0 Å². The van der Waals surface area contributed by atoms with E-state index >= 15 is 0 Å². The first-order chi connectivity index (χ1) is 12.2. The molecule has 0 aliphatic rings. The van der Waals surface area contributed by atoms with Crippen LogP contribution < -0.4 is 9.47 Å². The zero-order chi connectivity index (χ0) is 17.6. The lowest BCUT2D eigenvalue weighted by Crippen LogP contribution is -2.05. The fourth-order valence-corrected chi connectivity index (χ4v) is 2.38. The van der Waals surface area contributed by atoms with Crippen LogP contribution in [0.3, 0.4) is 0 Å². The molecule has 0 amide bonds. The van der Waals surface area contributed by atoms with Crippen LogP contribution in [0.4, 0.5) is 8.78 Å². The first kappa shape index (κ1) is 16.8. The molecule has 3 aromatic rings. The van der Waals surface area contributed by atoms with E-state index in [-0.39, 0.29) is 5.75 Å². The summed E-state index contributed by atoms with van der Waals surface area (Å²) in [5, 5.41) is 0. The normalized spacial score (nSPS) is 10.7. The molecule has 0 atom stereocenters. The Morgan fingerprint density at radius 1 is 1.08 bits per heavy atom.